The maximum Gasteiger partial charge on any atom is 0.0895 e. The predicted octanol–water partition coefficient (Wildman–Crippen LogP) is 2.21. The van der Waals surface area contributed by atoms with Gasteiger partial charge in [0, 0.05) is 18.8 Å². The Morgan fingerprint density at radius 2 is 1.95 bits per heavy atom. The Bertz CT molecular complexity index is 657. The van der Waals surface area contributed by atoms with Gasteiger partial charge in [0.2, 0.25) is 0 Å². The molecule has 1 saturated heterocycles. The van der Waals surface area contributed by atoms with E-state index in [1.54, 1.807) is 0 Å². The summed E-state index contributed by atoms with van der Waals surface area (Å²) in [7, 11) is 0. The van der Waals surface area contributed by atoms with Crippen molar-refractivity contribution in [2.24, 2.45) is 0 Å². The Hall–Kier alpha value is -1.96. The molecular weight excluding hydrogens is 256 g/mol. The van der Waals surface area contributed by atoms with Gasteiger partial charge in [-0.3, -0.25) is 0 Å². The summed E-state index contributed by atoms with van der Waals surface area (Å²) in [6.07, 6.45) is 11.1. The van der Waals surface area contributed by atoms with Gasteiger partial charge in [0.25, 0.3) is 0 Å². The van der Waals surface area contributed by atoms with Crippen LogP contribution in [0.2, 0.25) is 0 Å². The third-order valence-electron chi connectivity index (χ3n) is 4.46. The Morgan fingerprint density at radius 3 is 2.71 bits per heavy atom. The van der Waals surface area contributed by atoms with Gasteiger partial charge in [0.05, 0.1) is 6.67 Å². The molecule has 0 spiro atoms. The molecule has 1 aromatic carbocycles. The van der Waals surface area contributed by atoms with Crippen LogP contribution in [0.25, 0.3) is 12.2 Å². The number of aryl methyl sites for hydroxylation is 1. The molecule has 0 radical (unpaired) electrons. The van der Waals surface area contributed by atoms with E-state index in [1.165, 1.54) is 34.5 Å². The first-order valence-electron chi connectivity index (χ1n) is 7.85. The van der Waals surface area contributed by atoms with Crippen LogP contribution in [0.4, 0.5) is 0 Å². The molecule has 1 heterocycles. The summed E-state index contributed by atoms with van der Waals surface area (Å²) in [6.45, 7) is 11.2. The maximum atomic E-state index is 4.26. The smallest absolute Gasteiger partial charge is 0.0895 e. The van der Waals surface area contributed by atoms with E-state index in [4.69, 9.17) is 0 Å². The third-order valence-corrected chi connectivity index (χ3v) is 4.46. The molecule has 0 unspecified atom stereocenters. The zero-order valence-electron chi connectivity index (χ0n) is 12.7. The highest BCUT2D eigenvalue weighted by Crippen LogP contribution is 2.15. The molecule has 0 N–H and O–H groups in total. The fourth-order valence-electron chi connectivity index (χ4n) is 3.08. The molecule has 2 nitrogen and oxygen atoms in total. The average molecular weight is 280 g/mol. The van der Waals surface area contributed by atoms with E-state index in [1.807, 2.05) is 6.20 Å². The summed E-state index contributed by atoms with van der Waals surface area (Å²) in [5.41, 5.74) is 2.66. The molecule has 110 valence electrons. The van der Waals surface area contributed by atoms with Gasteiger partial charge in [-0.1, -0.05) is 43.5 Å². The maximum absolute atomic E-state index is 4.26. The van der Waals surface area contributed by atoms with Crippen molar-refractivity contribution in [3.05, 3.63) is 59.3 Å². The predicted molar refractivity (Wildman–Crippen MR) is 89.8 cm³/mol. The topological polar surface area (TPSA) is 6.48 Å². The van der Waals surface area contributed by atoms with Crippen molar-refractivity contribution in [3.63, 3.8) is 0 Å². The summed E-state index contributed by atoms with van der Waals surface area (Å²) >= 11 is 0. The van der Waals surface area contributed by atoms with Crippen LogP contribution < -0.4 is 10.4 Å². The van der Waals surface area contributed by atoms with Gasteiger partial charge in [0.15, 0.2) is 0 Å². The summed E-state index contributed by atoms with van der Waals surface area (Å²) < 4.78 is 0. The average Bonchev–Trinajstić information content (AvgIpc) is 3.01. The standard InChI is InChI=1S/C19H24N2/c1-3-20-12-13-21(15-20)16(2)8-9-17-10-11-18-6-4-5-7-19(18)14-17/h3,6-7,10-11,14H,1-2,4-5,8-9,12-13,15H2. The minimum absolute atomic E-state index is 0.940. The first kappa shape index (κ1) is 14.0. The van der Waals surface area contributed by atoms with Gasteiger partial charge in [-0.2, -0.15) is 0 Å². The SMILES string of the molecule is C=CN1CCN(C(=C)CCc2ccc3c(c2)=CCCC=3)C1. The van der Waals surface area contributed by atoms with Gasteiger partial charge in [0.1, 0.15) is 0 Å². The number of benzene rings is 1. The summed E-state index contributed by atoms with van der Waals surface area (Å²) in [4.78, 5) is 4.59. The van der Waals surface area contributed by atoms with Crippen molar-refractivity contribution < 1.29 is 0 Å². The fraction of sp³-hybridized carbons (Fsp3) is 0.368. The second-order valence-corrected chi connectivity index (χ2v) is 5.91. The van der Waals surface area contributed by atoms with Crippen molar-refractivity contribution in [3.8, 4) is 0 Å². The molecule has 0 saturated carbocycles. The second kappa shape index (κ2) is 6.21. The first-order chi connectivity index (χ1) is 10.3. The van der Waals surface area contributed by atoms with Crippen molar-refractivity contribution in [2.75, 3.05) is 19.8 Å². The molecular formula is C19H24N2. The van der Waals surface area contributed by atoms with Crippen LogP contribution in [0.1, 0.15) is 24.8 Å². The Balaban J connectivity index is 1.61. The molecule has 3 rings (SSSR count). The zero-order chi connectivity index (χ0) is 14.7. The minimum atomic E-state index is 0.940. The molecule has 1 aliphatic carbocycles. The van der Waals surface area contributed by atoms with E-state index in [0.717, 1.165) is 32.6 Å². The number of hydrogen-bond donors (Lipinski definition) is 0. The fourth-order valence-corrected chi connectivity index (χ4v) is 3.08. The van der Waals surface area contributed by atoms with Crippen molar-refractivity contribution in [1.82, 2.24) is 9.80 Å². The lowest BCUT2D eigenvalue weighted by molar-refractivity contribution is 0.340. The van der Waals surface area contributed by atoms with E-state index in [9.17, 15) is 0 Å². The largest absolute Gasteiger partial charge is 0.359 e. The lowest BCUT2D eigenvalue weighted by atomic mass is 10.0. The summed E-state index contributed by atoms with van der Waals surface area (Å²) in [5.74, 6) is 0. The molecule has 2 aliphatic rings. The molecule has 1 aliphatic heterocycles. The van der Waals surface area contributed by atoms with Crippen LogP contribution in [0.3, 0.4) is 0 Å². The van der Waals surface area contributed by atoms with Crippen molar-refractivity contribution >= 4 is 12.2 Å². The molecule has 0 aromatic heterocycles. The molecule has 0 bridgehead atoms. The van der Waals surface area contributed by atoms with Crippen LogP contribution >= 0.6 is 0 Å². The number of nitrogens with zero attached hydrogens (tertiary/aromatic N) is 2. The van der Waals surface area contributed by atoms with E-state index in [0.29, 0.717) is 0 Å². The molecule has 2 heteroatoms. The van der Waals surface area contributed by atoms with Crippen LogP contribution in [-0.4, -0.2) is 29.6 Å². The molecule has 0 amide bonds. The van der Waals surface area contributed by atoms with Gasteiger partial charge in [-0.25, -0.2) is 0 Å². The van der Waals surface area contributed by atoms with Crippen LogP contribution in [0, 0.1) is 0 Å². The normalized spacial score (nSPS) is 17.0. The molecule has 1 fully saturated rings. The van der Waals surface area contributed by atoms with Crippen molar-refractivity contribution in [2.45, 2.75) is 25.7 Å². The second-order valence-electron chi connectivity index (χ2n) is 5.91. The highest BCUT2D eigenvalue weighted by Gasteiger charge is 2.17. The summed E-state index contributed by atoms with van der Waals surface area (Å²) in [6, 6.07) is 6.87. The quantitative estimate of drug-likeness (QED) is 0.816. The zero-order valence-corrected chi connectivity index (χ0v) is 12.7. The van der Waals surface area contributed by atoms with E-state index in [-0.39, 0.29) is 0 Å². The monoisotopic (exact) mass is 280 g/mol. The van der Waals surface area contributed by atoms with E-state index < -0.39 is 0 Å². The van der Waals surface area contributed by atoms with E-state index >= 15 is 0 Å². The Morgan fingerprint density at radius 1 is 1.14 bits per heavy atom. The van der Waals surface area contributed by atoms with Crippen LogP contribution in [-0.2, 0) is 6.42 Å². The molecule has 21 heavy (non-hydrogen) atoms. The highest BCUT2D eigenvalue weighted by molar-refractivity contribution is 5.39. The third kappa shape index (κ3) is 3.21. The van der Waals surface area contributed by atoms with E-state index in [2.05, 4.69) is 53.3 Å². The van der Waals surface area contributed by atoms with Crippen LogP contribution in [0.15, 0.2) is 43.3 Å². The first-order valence-corrected chi connectivity index (χ1v) is 7.85. The lowest BCUT2D eigenvalue weighted by Gasteiger charge is -2.21. The number of hydrogen-bond acceptors (Lipinski definition) is 2. The van der Waals surface area contributed by atoms with Crippen molar-refractivity contribution in [1.29, 1.82) is 0 Å². The lowest BCUT2D eigenvalue weighted by Crippen LogP contribution is -2.27. The highest BCUT2D eigenvalue weighted by atomic mass is 15.4. The van der Waals surface area contributed by atoms with Gasteiger partial charge >= 0.3 is 0 Å². The Labute approximate surface area is 127 Å². The van der Waals surface area contributed by atoms with Crippen LogP contribution in [0.5, 0.6) is 0 Å². The molecule has 0 atom stereocenters. The summed E-state index contributed by atoms with van der Waals surface area (Å²) in [5, 5.41) is 2.80. The number of rotatable bonds is 5. The minimum Gasteiger partial charge on any atom is -0.359 e. The van der Waals surface area contributed by atoms with Gasteiger partial charge in [-0.15, -0.1) is 0 Å². The number of fused-ring (bicyclic) bond motifs is 1. The van der Waals surface area contributed by atoms with Gasteiger partial charge < -0.3 is 9.80 Å². The molecule has 1 aromatic rings. The number of allylic oxidation sites excluding steroid dienone is 1. The van der Waals surface area contributed by atoms with Gasteiger partial charge in [-0.05, 0) is 47.9 Å². The Kier molecular flexibility index (Phi) is 4.14.